The van der Waals surface area contributed by atoms with Crippen LogP contribution in [0.15, 0.2) is 94.2 Å². The zero-order valence-corrected chi connectivity index (χ0v) is 19.6. The fraction of sp³-hybridized carbons (Fsp3) is 0.179. The lowest BCUT2D eigenvalue weighted by molar-refractivity contribution is 0.337. The third kappa shape index (κ3) is 3.59. The third-order valence-electron chi connectivity index (χ3n) is 6.57. The highest BCUT2D eigenvalue weighted by molar-refractivity contribution is 7.89. The molecule has 0 bridgehead atoms. The highest BCUT2D eigenvalue weighted by atomic mass is 32.2. The van der Waals surface area contributed by atoms with Crippen molar-refractivity contribution in [3.8, 4) is 11.1 Å². The van der Waals surface area contributed by atoms with Crippen LogP contribution < -0.4 is 0 Å². The van der Waals surface area contributed by atoms with Gasteiger partial charge in [0.05, 0.1) is 4.90 Å². The molecule has 1 aromatic heterocycles. The topological polar surface area (TPSA) is 63.4 Å². The van der Waals surface area contributed by atoms with E-state index in [0.717, 1.165) is 33.8 Å². The van der Waals surface area contributed by atoms with E-state index in [1.165, 1.54) is 5.56 Å². The standard InChI is InChI=1S/C28H24N2O3S/c1-19-6-4-9-21(16-19)23-12-14-27-25(18-23)29-28(33-27)26-10-5-15-30(26)34(31,32)24-13-11-20-7-2-3-8-22(20)17-24/h2-4,6-9,11-14,16-18,26H,5,10,15H2,1H3. The fourth-order valence-electron chi connectivity index (χ4n) is 4.83. The highest BCUT2D eigenvalue weighted by Crippen LogP contribution is 2.38. The molecule has 4 aromatic carbocycles. The maximum Gasteiger partial charge on any atom is 0.243 e. The first-order valence-corrected chi connectivity index (χ1v) is 12.9. The van der Waals surface area contributed by atoms with Crippen molar-refractivity contribution < 1.29 is 12.8 Å². The van der Waals surface area contributed by atoms with E-state index in [4.69, 9.17) is 9.40 Å². The number of nitrogens with zero attached hydrogens (tertiary/aromatic N) is 2. The fourth-order valence-corrected chi connectivity index (χ4v) is 6.52. The van der Waals surface area contributed by atoms with E-state index < -0.39 is 16.1 Å². The number of benzene rings is 4. The van der Waals surface area contributed by atoms with Gasteiger partial charge in [0.1, 0.15) is 11.6 Å². The summed E-state index contributed by atoms with van der Waals surface area (Å²) < 4.78 is 34.8. The van der Waals surface area contributed by atoms with E-state index in [1.54, 1.807) is 16.4 Å². The second-order valence-electron chi connectivity index (χ2n) is 8.89. The predicted octanol–water partition coefficient (Wildman–Crippen LogP) is 6.48. The molecule has 1 aliphatic rings. The van der Waals surface area contributed by atoms with Crippen molar-refractivity contribution in [1.82, 2.24) is 9.29 Å². The summed E-state index contributed by atoms with van der Waals surface area (Å²) >= 11 is 0. The van der Waals surface area contributed by atoms with Crippen molar-refractivity contribution in [3.05, 3.63) is 96.4 Å². The molecule has 6 rings (SSSR count). The Morgan fingerprint density at radius 3 is 2.56 bits per heavy atom. The van der Waals surface area contributed by atoms with Gasteiger partial charge >= 0.3 is 0 Å². The van der Waals surface area contributed by atoms with E-state index in [0.29, 0.717) is 29.3 Å². The minimum absolute atomic E-state index is 0.302. The minimum Gasteiger partial charge on any atom is -0.439 e. The maximum atomic E-state index is 13.6. The van der Waals surface area contributed by atoms with Crippen molar-refractivity contribution in [1.29, 1.82) is 0 Å². The molecule has 170 valence electrons. The van der Waals surface area contributed by atoms with Crippen LogP contribution in [0.4, 0.5) is 0 Å². The zero-order valence-electron chi connectivity index (χ0n) is 18.8. The molecule has 1 fully saturated rings. The molecular weight excluding hydrogens is 444 g/mol. The Kier molecular flexibility index (Phi) is 5.01. The van der Waals surface area contributed by atoms with Gasteiger partial charge in [0.25, 0.3) is 0 Å². The molecular formula is C28H24N2O3S. The predicted molar refractivity (Wildman–Crippen MR) is 134 cm³/mol. The van der Waals surface area contributed by atoms with Crippen LogP contribution in [0.25, 0.3) is 33.0 Å². The number of hydrogen-bond donors (Lipinski definition) is 0. The largest absolute Gasteiger partial charge is 0.439 e. The smallest absolute Gasteiger partial charge is 0.243 e. The number of rotatable bonds is 4. The van der Waals surface area contributed by atoms with E-state index in [1.807, 2.05) is 54.6 Å². The minimum atomic E-state index is -3.69. The molecule has 2 heterocycles. The highest BCUT2D eigenvalue weighted by Gasteiger charge is 2.39. The number of hydrogen-bond acceptors (Lipinski definition) is 4. The van der Waals surface area contributed by atoms with E-state index in [-0.39, 0.29) is 0 Å². The van der Waals surface area contributed by atoms with Gasteiger partial charge in [-0.3, -0.25) is 0 Å². The van der Waals surface area contributed by atoms with E-state index >= 15 is 0 Å². The van der Waals surface area contributed by atoms with Crippen molar-refractivity contribution in [2.45, 2.75) is 30.7 Å². The van der Waals surface area contributed by atoms with Gasteiger partial charge in [-0.1, -0.05) is 66.2 Å². The first-order valence-electron chi connectivity index (χ1n) is 11.5. The Morgan fingerprint density at radius 2 is 1.71 bits per heavy atom. The molecule has 0 spiro atoms. The number of fused-ring (bicyclic) bond motifs is 2. The van der Waals surface area contributed by atoms with Gasteiger partial charge in [-0.05, 0) is 65.9 Å². The van der Waals surface area contributed by atoms with Crippen molar-refractivity contribution in [3.63, 3.8) is 0 Å². The molecule has 1 saturated heterocycles. The number of aromatic nitrogens is 1. The summed E-state index contributed by atoms with van der Waals surface area (Å²) in [6, 6.07) is 26.9. The van der Waals surface area contributed by atoms with Crippen LogP contribution in [0.2, 0.25) is 0 Å². The van der Waals surface area contributed by atoms with Gasteiger partial charge in [0, 0.05) is 6.54 Å². The zero-order chi connectivity index (χ0) is 23.3. The molecule has 5 aromatic rings. The molecule has 1 aliphatic heterocycles. The quantitative estimate of drug-likeness (QED) is 0.303. The van der Waals surface area contributed by atoms with Crippen molar-refractivity contribution >= 4 is 31.9 Å². The summed E-state index contributed by atoms with van der Waals surface area (Å²) in [5.41, 5.74) is 4.78. The molecule has 34 heavy (non-hydrogen) atoms. The SMILES string of the molecule is Cc1cccc(-c2ccc3oc(C4CCCN4S(=O)(=O)c4ccc5ccccc5c4)nc3c2)c1. The summed E-state index contributed by atoms with van der Waals surface area (Å²) in [7, 11) is -3.69. The lowest BCUT2D eigenvalue weighted by Crippen LogP contribution is -2.30. The molecule has 1 unspecified atom stereocenters. The molecule has 6 heteroatoms. The average Bonchev–Trinajstić information content (AvgIpc) is 3.51. The molecule has 0 radical (unpaired) electrons. The number of aryl methyl sites for hydroxylation is 1. The summed E-state index contributed by atoms with van der Waals surface area (Å²) in [5, 5.41) is 1.92. The van der Waals surface area contributed by atoms with Gasteiger partial charge in [-0.2, -0.15) is 4.31 Å². The van der Waals surface area contributed by atoms with Crippen LogP contribution in [0.1, 0.15) is 30.3 Å². The van der Waals surface area contributed by atoms with Gasteiger partial charge in [-0.25, -0.2) is 13.4 Å². The molecule has 0 amide bonds. The lowest BCUT2D eigenvalue weighted by atomic mass is 10.0. The van der Waals surface area contributed by atoms with Crippen LogP contribution >= 0.6 is 0 Å². The second-order valence-corrected chi connectivity index (χ2v) is 10.8. The van der Waals surface area contributed by atoms with Crippen LogP contribution in [0, 0.1) is 6.92 Å². The Labute approximate surface area is 198 Å². The van der Waals surface area contributed by atoms with Gasteiger partial charge < -0.3 is 4.42 Å². The lowest BCUT2D eigenvalue weighted by Gasteiger charge is -2.22. The normalized spacial score (nSPS) is 17.0. The monoisotopic (exact) mass is 468 g/mol. The first kappa shape index (κ1) is 21.1. The van der Waals surface area contributed by atoms with Gasteiger partial charge in [0.15, 0.2) is 5.58 Å². The number of oxazole rings is 1. The van der Waals surface area contributed by atoms with Gasteiger partial charge in [0.2, 0.25) is 15.9 Å². The second kappa shape index (κ2) is 8.08. The van der Waals surface area contributed by atoms with E-state index in [9.17, 15) is 8.42 Å². The van der Waals surface area contributed by atoms with Crippen LogP contribution in [0.5, 0.6) is 0 Å². The number of sulfonamides is 1. The summed E-state index contributed by atoms with van der Waals surface area (Å²) in [6.45, 7) is 2.52. The first-order chi connectivity index (χ1) is 16.5. The molecule has 0 saturated carbocycles. The summed E-state index contributed by atoms with van der Waals surface area (Å²) in [4.78, 5) is 5.04. The van der Waals surface area contributed by atoms with Crippen molar-refractivity contribution in [2.24, 2.45) is 0 Å². The van der Waals surface area contributed by atoms with Crippen LogP contribution in [-0.4, -0.2) is 24.3 Å². The Balaban J connectivity index is 1.36. The summed E-state index contributed by atoms with van der Waals surface area (Å²) in [5.74, 6) is 0.457. The third-order valence-corrected chi connectivity index (χ3v) is 8.48. The molecule has 0 N–H and O–H groups in total. The van der Waals surface area contributed by atoms with Crippen molar-refractivity contribution in [2.75, 3.05) is 6.54 Å². The Morgan fingerprint density at radius 1 is 0.882 bits per heavy atom. The van der Waals surface area contributed by atoms with E-state index in [2.05, 4.69) is 25.1 Å². The maximum absolute atomic E-state index is 13.6. The molecule has 1 atom stereocenters. The Bertz CT molecular complexity index is 1640. The Hall–Kier alpha value is -3.48. The van der Waals surface area contributed by atoms with Crippen LogP contribution in [0.3, 0.4) is 0 Å². The average molecular weight is 469 g/mol. The summed E-state index contributed by atoms with van der Waals surface area (Å²) in [6.07, 6.45) is 1.45. The molecule has 0 aliphatic carbocycles. The van der Waals surface area contributed by atoms with Crippen LogP contribution in [-0.2, 0) is 10.0 Å². The van der Waals surface area contributed by atoms with Gasteiger partial charge in [-0.15, -0.1) is 0 Å². The molecule has 5 nitrogen and oxygen atoms in total.